The van der Waals surface area contributed by atoms with E-state index in [4.69, 9.17) is 4.74 Å². The van der Waals surface area contributed by atoms with Gasteiger partial charge in [0.2, 0.25) is 0 Å². The van der Waals surface area contributed by atoms with Gasteiger partial charge < -0.3 is 4.74 Å². The van der Waals surface area contributed by atoms with Crippen LogP contribution in [0.3, 0.4) is 0 Å². The smallest absolute Gasteiger partial charge is 0.128 e. The van der Waals surface area contributed by atoms with E-state index in [2.05, 4.69) is 11.2 Å². The highest BCUT2D eigenvalue weighted by molar-refractivity contribution is 5.90. The Morgan fingerprint density at radius 1 is 1.17 bits per heavy atom. The summed E-state index contributed by atoms with van der Waals surface area (Å²) in [7, 11) is 1.62. The van der Waals surface area contributed by atoms with E-state index in [9.17, 15) is 5.26 Å². The Hall–Kier alpha value is -3.32. The van der Waals surface area contributed by atoms with Crippen molar-refractivity contribution in [1.29, 1.82) is 5.26 Å². The highest BCUT2D eigenvalue weighted by Gasteiger charge is 2.07. The molecule has 0 radical (unpaired) electrons. The van der Waals surface area contributed by atoms with E-state index in [0.29, 0.717) is 11.3 Å². The summed E-state index contributed by atoms with van der Waals surface area (Å²) in [5.74, 6) is 0.698. The molecule has 0 aliphatic rings. The Bertz CT molecular complexity index is 918. The predicted molar refractivity (Wildman–Crippen MR) is 94.8 cm³/mol. The standard InChI is InChI=1S/C20H17N3O/c1-15-10-11-23(22-15)19-9-8-17(20(13-19)24-2)12-18(14-21)16-6-4-3-5-7-16/h3-13H,1-2H3/b18-12+. The molecule has 0 N–H and O–H groups in total. The van der Waals surface area contributed by atoms with Gasteiger partial charge in [0.15, 0.2) is 0 Å². The van der Waals surface area contributed by atoms with Crippen LogP contribution in [0.25, 0.3) is 17.3 Å². The second-order valence-electron chi connectivity index (χ2n) is 5.36. The number of nitriles is 1. The molecule has 1 aromatic heterocycles. The van der Waals surface area contributed by atoms with Crippen molar-refractivity contribution in [1.82, 2.24) is 9.78 Å². The van der Waals surface area contributed by atoms with Crippen LogP contribution in [-0.2, 0) is 0 Å². The van der Waals surface area contributed by atoms with Crippen LogP contribution < -0.4 is 4.74 Å². The molecule has 4 nitrogen and oxygen atoms in total. The van der Waals surface area contributed by atoms with Crippen LogP contribution in [0, 0.1) is 18.3 Å². The zero-order valence-corrected chi connectivity index (χ0v) is 13.6. The quantitative estimate of drug-likeness (QED) is 0.534. The van der Waals surface area contributed by atoms with E-state index < -0.39 is 0 Å². The SMILES string of the molecule is COc1cc(-n2ccc(C)n2)ccc1/C=C(\C#N)c1ccccc1. The Balaban J connectivity index is 2.02. The fraction of sp³-hybridized carbons (Fsp3) is 0.100. The summed E-state index contributed by atoms with van der Waals surface area (Å²) in [5.41, 5.74) is 4.19. The molecule has 118 valence electrons. The number of hydrogen-bond acceptors (Lipinski definition) is 3. The highest BCUT2D eigenvalue weighted by atomic mass is 16.5. The summed E-state index contributed by atoms with van der Waals surface area (Å²) in [6.45, 7) is 1.95. The third-order valence-electron chi connectivity index (χ3n) is 3.71. The number of nitrogens with zero attached hydrogens (tertiary/aromatic N) is 3. The Labute approximate surface area is 141 Å². The molecule has 0 amide bonds. The van der Waals surface area contributed by atoms with Crippen molar-refractivity contribution in [3.8, 4) is 17.5 Å². The lowest BCUT2D eigenvalue weighted by molar-refractivity contribution is 0.413. The summed E-state index contributed by atoms with van der Waals surface area (Å²) in [5, 5.41) is 13.9. The molecule has 1 heterocycles. The second-order valence-corrected chi connectivity index (χ2v) is 5.36. The number of allylic oxidation sites excluding steroid dienone is 1. The molecule has 2 aromatic carbocycles. The molecule has 0 saturated carbocycles. The number of aryl methyl sites for hydroxylation is 1. The molecule has 4 heteroatoms. The first kappa shape index (κ1) is 15.6. The lowest BCUT2D eigenvalue weighted by Crippen LogP contribution is -1.97. The summed E-state index contributed by atoms with van der Waals surface area (Å²) in [4.78, 5) is 0. The van der Waals surface area contributed by atoms with Gasteiger partial charge >= 0.3 is 0 Å². The van der Waals surface area contributed by atoms with Gasteiger partial charge in [-0.05, 0) is 36.8 Å². The normalized spacial score (nSPS) is 11.1. The molecular formula is C20H17N3O. The van der Waals surface area contributed by atoms with Crippen LogP contribution >= 0.6 is 0 Å². The number of aromatic nitrogens is 2. The van der Waals surface area contributed by atoms with Crippen LogP contribution in [0.5, 0.6) is 5.75 Å². The van der Waals surface area contributed by atoms with Gasteiger partial charge in [-0.25, -0.2) is 4.68 Å². The third-order valence-corrected chi connectivity index (χ3v) is 3.71. The van der Waals surface area contributed by atoms with Crippen molar-refractivity contribution < 1.29 is 4.74 Å². The van der Waals surface area contributed by atoms with Gasteiger partial charge in [-0.15, -0.1) is 0 Å². The van der Waals surface area contributed by atoms with Crippen molar-refractivity contribution in [2.24, 2.45) is 0 Å². The lowest BCUT2D eigenvalue weighted by atomic mass is 10.0. The number of methoxy groups -OCH3 is 1. The molecule has 0 aliphatic carbocycles. The number of hydrogen-bond donors (Lipinski definition) is 0. The maximum absolute atomic E-state index is 9.47. The fourth-order valence-corrected chi connectivity index (χ4v) is 2.47. The Kier molecular flexibility index (Phi) is 4.44. The highest BCUT2D eigenvalue weighted by Crippen LogP contribution is 2.27. The van der Waals surface area contributed by atoms with Gasteiger partial charge in [0.25, 0.3) is 0 Å². The summed E-state index contributed by atoms with van der Waals surface area (Å²) < 4.78 is 7.30. The van der Waals surface area contributed by atoms with Crippen molar-refractivity contribution in [3.05, 3.63) is 77.6 Å². The van der Waals surface area contributed by atoms with Crippen molar-refractivity contribution >= 4 is 11.6 Å². The minimum absolute atomic E-state index is 0.594. The molecule has 0 saturated heterocycles. The Morgan fingerprint density at radius 3 is 2.58 bits per heavy atom. The zero-order chi connectivity index (χ0) is 16.9. The van der Waals surface area contributed by atoms with Crippen molar-refractivity contribution in [2.75, 3.05) is 7.11 Å². The third kappa shape index (κ3) is 3.21. The zero-order valence-electron chi connectivity index (χ0n) is 13.6. The molecule has 24 heavy (non-hydrogen) atoms. The van der Waals surface area contributed by atoms with Crippen molar-refractivity contribution in [3.63, 3.8) is 0 Å². The number of benzene rings is 2. The van der Waals surface area contributed by atoms with Crippen LogP contribution in [0.4, 0.5) is 0 Å². The molecule has 0 unspecified atom stereocenters. The minimum atomic E-state index is 0.594. The maximum Gasteiger partial charge on any atom is 0.128 e. The first-order chi connectivity index (χ1) is 11.7. The van der Waals surface area contributed by atoms with Gasteiger partial charge in [-0.2, -0.15) is 10.4 Å². The molecule has 0 atom stereocenters. The summed E-state index contributed by atoms with van der Waals surface area (Å²) >= 11 is 0. The first-order valence-electron chi connectivity index (χ1n) is 7.59. The summed E-state index contributed by atoms with van der Waals surface area (Å²) in [6.07, 6.45) is 3.75. The van der Waals surface area contributed by atoms with E-state index in [1.807, 2.05) is 73.8 Å². The molecule has 3 rings (SSSR count). The monoisotopic (exact) mass is 315 g/mol. The molecule has 3 aromatic rings. The van der Waals surface area contributed by atoms with E-state index >= 15 is 0 Å². The second kappa shape index (κ2) is 6.84. The van der Waals surface area contributed by atoms with Gasteiger partial charge in [0.1, 0.15) is 5.75 Å². The lowest BCUT2D eigenvalue weighted by Gasteiger charge is -2.09. The maximum atomic E-state index is 9.47. The number of rotatable bonds is 4. The average molecular weight is 315 g/mol. The molecule has 0 spiro atoms. The van der Waals surface area contributed by atoms with E-state index in [-0.39, 0.29) is 0 Å². The largest absolute Gasteiger partial charge is 0.496 e. The van der Waals surface area contributed by atoms with E-state index in [1.54, 1.807) is 11.8 Å². The van der Waals surface area contributed by atoms with Gasteiger partial charge in [-0.1, -0.05) is 30.3 Å². The van der Waals surface area contributed by atoms with E-state index in [0.717, 1.165) is 22.5 Å². The molecule has 0 bridgehead atoms. The van der Waals surface area contributed by atoms with Crippen LogP contribution in [0.1, 0.15) is 16.8 Å². The van der Waals surface area contributed by atoms with Crippen LogP contribution in [0.15, 0.2) is 60.8 Å². The van der Waals surface area contributed by atoms with Gasteiger partial charge in [0, 0.05) is 17.8 Å². The molecule has 0 aliphatic heterocycles. The van der Waals surface area contributed by atoms with Gasteiger partial charge in [-0.3, -0.25) is 0 Å². The fourth-order valence-electron chi connectivity index (χ4n) is 2.47. The average Bonchev–Trinajstić information content (AvgIpc) is 3.07. The number of ether oxygens (including phenoxy) is 1. The minimum Gasteiger partial charge on any atom is -0.496 e. The first-order valence-corrected chi connectivity index (χ1v) is 7.59. The predicted octanol–water partition coefficient (Wildman–Crippen LogP) is 4.25. The van der Waals surface area contributed by atoms with Crippen LogP contribution in [0.2, 0.25) is 0 Å². The topological polar surface area (TPSA) is 50.8 Å². The summed E-state index contributed by atoms with van der Waals surface area (Å²) in [6, 6.07) is 19.6. The molecular weight excluding hydrogens is 298 g/mol. The van der Waals surface area contributed by atoms with Crippen molar-refractivity contribution in [2.45, 2.75) is 6.92 Å². The van der Waals surface area contributed by atoms with Gasteiger partial charge in [0.05, 0.1) is 30.1 Å². The van der Waals surface area contributed by atoms with E-state index in [1.165, 1.54) is 0 Å². The van der Waals surface area contributed by atoms with Crippen LogP contribution in [-0.4, -0.2) is 16.9 Å². The molecule has 0 fully saturated rings. The Morgan fingerprint density at radius 2 is 1.96 bits per heavy atom.